The molecule has 2 aromatic rings. The predicted molar refractivity (Wildman–Crippen MR) is 127 cm³/mol. The molecule has 4 N–H and O–H groups in total. The molecule has 0 spiro atoms. The standard InChI is InChI=1S/C23H33N7O/c1-16(15-30(2)3)12-25-13-18(11-24)17-10-21-20(26-14-17)8-9-22(28-21)29-23(31)27-19-6-4-5-7-19/h8-11,13-14,16,19H,4-7,12,15,24H2,1-3H3,(H2,27,28,29,31)/t16-/m0/s1. The lowest BCUT2D eigenvalue weighted by atomic mass is 10.1. The van der Waals surface area contributed by atoms with Gasteiger partial charge in [0.1, 0.15) is 5.82 Å². The van der Waals surface area contributed by atoms with Gasteiger partial charge in [0.2, 0.25) is 0 Å². The Balaban J connectivity index is 1.69. The lowest BCUT2D eigenvalue weighted by Crippen LogP contribution is -2.36. The van der Waals surface area contributed by atoms with E-state index in [0.717, 1.165) is 42.6 Å². The Hall–Kier alpha value is -3.00. The summed E-state index contributed by atoms with van der Waals surface area (Å²) < 4.78 is 0. The van der Waals surface area contributed by atoms with Crippen molar-refractivity contribution in [2.75, 3.05) is 32.5 Å². The minimum Gasteiger partial charge on any atom is -0.404 e. The summed E-state index contributed by atoms with van der Waals surface area (Å²) in [7, 11) is 4.11. The van der Waals surface area contributed by atoms with E-state index in [0.29, 0.717) is 17.3 Å². The highest BCUT2D eigenvalue weighted by Crippen LogP contribution is 2.20. The highest BCUT2D eigenvalue weighted by atomic mass is 16.2. The molecule has 0 aromatic carbocycles. The van der Waals surface area contributed by atoms with Crippen molar-refractivity contribution in [1.29, 1.82) is 0 Å². The maximum atomic E-state index is 12.2. The summed E-state index contributed by atoms with van der Waals surface area (Å²) >= 11 is 0. The number of pyridine rings is 2. The number of fused-ring (bicyclic) bond motifs is 1. The molecule has 1 atom stereocenters. The number of urea groups is 1. The number of aliphatic imine (C=N–C) groups is 1. The van der Waals surface area contributed by atoms with Gasteiger partial charge in [0.15, 0.2) is 0 Å². The third kappa shape index (κ3) is 6.75. The lowest BCUT2D eigenvalue weighted by molar-refractivity contribution is 0.248. The van der Waals surface area contributed by atoms with E-state index < -0.39 is 0 Å². The summed E-state index contributed by atoms with van der Waals surface area (Å²) in [6.45, 7) is 3.87. The van der Waals surface area contributed by atoms with Gasteiger partial charge < -0.3 is 16.0 Å². The zero-order valence-corrected chi connectivity index (χ0v) is 18.6. The number of amides is 2. The highest BCUT2D eigenvalue weighted by Gasteiger charge is 2.17. The quantitative estimate of drug-likeness (QED) is 0.565. The van der Waals surface area contributed by atoms with Crippen molar-refractivity contribution < 1.29 is 4.79 Å². The van der Waals surface area contributed by atoms with Crippen molar-refractivity contribution in [1.82, 2.24) is 20.2 Å². The summed E-state index contributed by atoms with van der Waals surface area (Å²) in [5.74, 6) is 0.942. The smallest absolute Gasteiger partial charge is 0.320 e. The van der Waals surface area contributed by atoms with E-state index in [2.05, 4.69) is 51.5 Å². The Morgan fingerprint density at radius 3 is 2.81 bits per heavy atom. The Kier molecular flexibility index (Phi) is 7.94. The highest BCUT2D eigenvalue weighted by molar-refractivity contribution is 6.10. The second kappa shape index (κ2) is 10.9. The van der Waals surface area contributed by atoms with Crippen molar-refractivity contribution >= 4 is 34.7 Å². The number of allylic oxidation sites excluding steroid dienone is 1. The molecule has 1 fully saturated rings. The largest absolute Gasteiger partial charge is 0.404 e. The number of hydrogen-bond acceptors (Lipinski definition) is 6. The van der Waals surface area contributed by atoms with E-state index >= 15 is 0 Å². The van der Waals surface area contributed by atoms with E-state index in [9.17, 15) is 4.79 Å². The maximum Gasteiger partial charge on any atom is 0.320 e. The molecule has 0 unspecified atom stereocenters. The number of anilines is 1. The molecule has 0 saturated heterocycles. The summed E-state index contributed by atoms with van der Waals surface area (Å²) in [6, 6.07) is 5.56. The Labute approximate surface area is 184 Å². The summed E-state index contributed by atoms with van der Waals surface area (Å²) in [4.78, 5) is 28.0. The first-order valence-corrected chi connectivity index (χ1v) is 10.9. The van der Waals surface area contributed by atoms with E-state index in [1.165, 1.54) is 19.0 Å². The van der Waals surface area contributed by atoms with Crippen LogP contribution < -0.4 is 16.4 Å². The van der Waals surface area contributed by atoms with Crippen LogP contribution in [0.2, 0.25) is 0 Å². The van der Waals surface area contributed by atoms with Gasteiger partial charge in [-0.3, -0.25) is 15.3 Å². The lowest BCUT2D eigenvalue weighted by Gasteiger charge is -2.14. The molecule has 1 aliphatic rings. The van der Waals surface area contributed by atoms with Crippen LogP contribution in [0.4, 0.5) is 10.6 Å². The predicted octanol–water partition coefficient (Wildman–Crippen LogP) is 3.26. The van der Waals surface area contributed by atoms with Crippen molar-refractivity contribution in [2.24, 2.45) is 16.6 Å². The SMILES string of the molecule is C[C@@H](CN=CC(=CN)c1cnc2ccc(NC(=O)NC3CCCC3)nc2c1)CN(C)C. The summed E-state index contributed by atoms with van der Waals surface area (Å²) in [5.41, 5.74) is 8.89. The molecule has 2 aromatic heterocycles. The van der Waals surface area contributed by atoms with Crippen LogP contribution in [0.25, 0.3) is 16.6 Å². The van der Waals surface area contributed by atoms with Crippen LogP contribution in [0.3, 0.4) is 0 Å². The molecule has 2 heterocycles. The van der Waals surface area contributed by atoms with Crippen LogP contribution in [0.1, 0.15) is 38.2 Å². The van der Waals surface area contributed by atoms with E-state index in [1.807, 2.05) is 12.1 Å². The van der Waals surface area contributed by atoms with Gasteiger partial charge in [-0.25, -0.2) is 9.78 Å². The number of carbonyl (C=O) groups is 1. The molecule has 0 bridgehead atoms. The minimum absolute atomic E-state index is 0.218. The zero-order valence-electron chi connectivity index (χ0n) is 18.6. The molecule has 166 valence electrons. The van der Waals surface area contributed by atoms with Gasteiger partial charge in [-0.05, 0) is 51.1 Å². The van der Waals surface area contributed by atoms with E-state index in [-0.39, 0.29) is 12.1 Å². The van der Waals surface area contributed by atoms with Gasteiger partial charge in [-0.2, -0.15) is 0 Å². The normalized spacial score (nSPS) is 16.3. The Morgan fingerprint density at radius 1 is 1.32 bits per heavy atom. The number of hydrogen-bond donors (Lipinski definition) is 3. The molecule has 0 aliphatic heterocycles. The van der Waals surface area contributed by atoms with Crippen molar-refractivity contribution in [3.63, 3.8) is 0 Å². The monoisotopic (exact) mass is 423 g/mol. The molecule has 1 aliphatic carbocycles. The van der Waals surface area contributed by atoms with Gasteiger partial charge in [0, 0.05) is 48.9 Å². The second-order valence-electron chi connectivity index (χ2n) is 8.52. The van der Waals surface area contributed by atoms with E-state index in [1.54, 1.807) is 18.5 Å². The van der Waals surface area contributed by atoms with Crippen LogP contribution in [0.15, 0.2) is 35.6 Å². The van der Waals surface area contributed by atoms with Gasteiger partial charge in [0.05, 0.1) is 11.0 Å². The van der Waals surface area contributed by atoms with Crippen LogP contribution in [-0.4, -0.2) is 60.3 Å². The molecule has 0 radical (unpaired) electrons. The van der Waals surface area contributed by atoms with Crippen LogP contribution in [0.5, 0.6) is 0 Å². The molecule has 1 saturated carbocycles. The number of rotatable bonds is 8. The first kappa shape index (κ1) is 22.7. The molecule has 31 heavy (non-hydrogen) atoms. The second-order valence-corrected chi connectivity index (χ2v) is 8.52. The third-order valence-corrected chi connectivity index (χ3v) is 5.31. The number of aromatic nitrogens is 2. The van der Waals surface area contributed by atoms with Gasteiger partial charge in [0.25, 0.3) is 0 Å². The number of nitrogens with two attached hydrogens (primary N) is 1. The molecule has 8 nitrogen and oxygen atoms in total. The third-order valence-electron chi connectivity index (χ3n) is 5.31. The molecular weight excluding hydrogens is 390 g/mol. The topological polar surface area (TPSA) is 109 Å². The zero-order chi connectivity index (χ0) is 22.2. The Morgan fingerprint density at radius 2 is 2.10 bits per heavy atom. The van der Waals surface area contributed by atoms with Gasteiger partial charge in [-0.1, -0.05) is 19.8 Å². The van der Waals surface area contributed by atoms with Gasteiger partial charge >= 0.3 is 6.03 Å². The number of nitrogens with zero attached hydrogens (tertiary/aromatic N) is 4. The maximum absolute atomic E-state index is 12.2. The van der Waals surface area contributed by atoms with Crippen LogP contribution in [-0.2, 0) is 0 Å². The Bertz CT molecular complexity index is 948. The van der Waals surface area contributed by atoms with Crippen LogP contribution >= 0.6 is 0 Å². The van der Waals surface area contributed by atoms with Gasteiger partial charge in [-0.15, -0.1) is 0 Å². The molecule has 3 rings (SSSR count). The molecule has 8 heteroatoms. The first-order valence-electron chi connectivity index (χ1n) is 10.9. The average molecular weight is 424 g/mol. The molecule has 2 amide bonds. The van der Waals surface area contributed by atoms with Crippen molar-refractivity contribution in [3.8, 4) is 0 Å². The van der Waals surface area contributed by atoms with E-state index in [4.69, 9.17) is 5.73 Å². The fourth-order valence-corrected chi connectivity index (χ4v) is 3.87. The fraction of sp³-hybridized carbons (Fsp3) is 0.478. The fourth-order valence-electron chi connectivity index (χ4n) is 3.87. The molecular formula is C23H33N7O. The average Bonchev–Trinajstić information content (AvgIpc) is 3.23. The van der Waals surface area contributed by atoms with Crippen LogP contribution in [0, 0.1) is 5.92 Å². The van der Waals surface area contributed by atoms with Crippen molar-refractivity contribution in [2.45, 2.75) is 38.6 Å². The summed E-state index contributed by atoms with van der Waals surface area (Å²) in [6.07, 6.45) is 9.49. The minimum atomic E-state index is -0.218. The number of nitrogens with one attached hydrogen (secondary N) is 2. The summed E-state index contributed by atoms with van der Waals surface area (Å²) in [5, 5.41) is 5.83. The van der Waals surface area contributed by atoms with Crippen molar-refractivity contribution in [3.05, 3.63) is 36.2 Å². The first-order chi connectivity index (χ1) is 14.9. The number of carbonyl (C=O) groups excluding carboxylic acids is 1.